The van der Waals surface area contributed by atoms with Gasteiger partial charge in [-0.2, -0.15) is 0 Å². The molecule has 1 aliphatic rings. The van der Waals surface area contributed by atoms with Crippen molar-refractivity contribution in [3.05, 3.63) is 95.5 Å². The highest BCUT2D eigenvalue weighted by Gasteiger charge is 2.52. The first kappa shape index (κ1) is 19.9. The van der Waals surface area contributed by atoms with Gasteiger partial charge in [0.25, 0.3) is 0 Å². The van der Waals surface area contributed by atoms with Crippen LogP contribution >= 0.6 is 11.6 Å². The summed E-state index contributed by atoms with van der Waals surface area (Å²) in [5, 5.41) is 14.7. The normalized spacial score (nSPS) is 20.7. The van der Waals surface area contributed by atoms with Crippen LogP contribution in [-0.4, -0.2) is 23.1 Å². The number of carboxylic acids is 1. The number of anilines is 2. The predicted octanol–water partition coefficient (Wildman–Crippen LogP) is 4.54. The topological polar surface area (TPSA) is 78.9 Å². The second-order valence-corrected chi connectivity index (χ2v) is 7.34. The zero-order valence-electron chi connectivity index (χ0n) is 15.8. The number of para-hydroxylation sites is 1. The Morgan fingerprint density at radius 2 is 1.50 bits per heavy atom. The number of carbonyl (C=O) groups is 2. The van der Waals surface area contributed by atoms with Gasteiger partial charge < -0.3 is 10.4 Å². The van der Waals surface area contributed by atoms with Crippen LogP contribution in [0.5, 0.6) is 0 Å². The number of carbonyl (C=O) groups excluding carboxylic acids is 1. The molecule has 1 aliphatic heterocycles. The Morgan fingerprint density at radius 3 is 2.10 bits per heavy atom. The van der Waals surface area contributed by atoms with Gasteiger partial charge in [0.1, 0.15) is 5.92 Å². The molecule has 3 atom stereocenters. The molecule has 2 N–H and O–H groups in total. The van der Waals surface area contributed by atoms with Crippen LogP contribution < -0.4 is 10.4 Å². The van der Waals surface area contributed by atoms with Gasteiger partial charge in [-0.1, -0.05) is 60.1 Å². The summed E-state index contributed by atoms with van der Waals surface area (Å²) in [6, 6.07) is 24.4. The van der Waals surface area contributed by atoms with Crippen molar-refractivity contribution in [1.29, 1.82) is 0 Å². The number of hydroxylamine groups is 1. The summed E-state index contributed by atoms with van der Waals surface area (Å²) in [7, 11) is 0. The van der Waals surface area contributed by atoms with Crippen LogP contribution in [0.3, 0.4) is 0 Å². The average molecular weight is 423 g/mol. The van der Waals surface area contributed by atoms with Gasteiger partial charge in [-0.3, -0.25) is 9.63 Å². The lowest BCUT2D eigenvalue weighted by atomic mass is 9.88. The molecule has 3 aromatic carbocycles. The molecule has 6 nitrogen and oxygen atoms in total. The standard InChI is InChI=1S/C23H19ClN2O4/c24-16-11-13-17(14-12-16)25-22(27)19-20(15-7-3-1-4-8-15)26(30-21(19)23(28)29)18-9-5-2-6-10-18/h1-14,19-21H,(H,25,27)(H,28,29)/t19-,20-,21-/m1/s1. The predicted molar refractivity (Wildman–Crippen MR) is 114 cm³/mol. The third-order valence-corrected chi connectivity index (χ3v) is 5.21. The van der Waals surface area contributed by atoms with Crippen molar-refractivity contribution in [3.8, 4) is 0 Å². The fraction of sp³-hybridized carbons (Fsp3) is 0.130. The van der Waals surface area contributed by atoms with Crippen molar-refractivity contribution >= 4 is 34.9 Å². The Bertz CT molecular complexity index is 1030. The molecular formula is C23H19ClN2O4. The maximum Gasteiger partial charge on any atom is 0.336 e. The third-order valence-electron chi connectivity index (χ3n) is 4.96. The van der Waals surface area contributed by atoms with E-state index in [1.807, 2.05) is 60.7 Å². The minimum atomic E-state index is -1.34. The Hall–Kier alpha value is -3.35. The molecule has 1 amide bonds. The van der Waals surface area contributed by atoms with E-state index in [2.05, 4.69) is 5.32 Å². The first-order valence-corrected chi connectivity index (χ1v) is 9.77. The van der Waals surface area contributed by atoms with Crippen molar-refractivity contribution in [2.45, 2.75) is 12.1 Å². The van der Waals surface area contributed by atoms with Crippen LogP contribution in [0, 0.1) is 5.92 Å². The molecule has 0 radical (unpaired) electrons. The van der Waals surface area contributed by atoms with E-state index in [0.29, 0.717) is 16.4 Å². The van der Waals surface area contributed by atoms with Crippen LogP contribution in [0.1, 0.15) is 11.6 Å². The maximum absolute atomic E-state index is 13.3. The number of halogens is 1. The third kappa shape index (κ3) is 4.01. The van der Waals surface area contributed by atoms with Gasteiger partial charge >= 0.3 is 5.97 Å². The summed E-state index contributed by atoms with van der Waals surface area (Å²) in [6.07, 6.45) is -1.34. The Kier molecular flexibility index (Phi) is 5.70. The minimum absolute atomic E-state index is 0.447. The van der Waals surface area contributed by atoms with Gasteiger partial charge in [0.05, 0.1) is 11.7 Å². The molecule has 0 saturated carbocycles. The second-order valence-electron chi connectivity index (χ2n) is 6.90. The van der Waals surface area contributed by atoms with E-state index < -0.39 is 29.9 Å². The number of nitrogens with zero attached hydrogens (tertiary/aromatic N) is 1. The number of nitrogens with one attached hydrogen (secondary N) is 1. The molecule has 3 aromatic rings. The van der Waals surface area contributed by atoms with Gasteiger partial charge in [0.2, 0.25) is 5.91 Å². The van der Waals surface area contributed by atoms with Gasteiger partial charge in [0, 0.05) is 10.7 Å². The summed E-state index contributed by atoms with van der Waals surface area (Å²) in [6.45, 7) is 0. The number of hydrogen-bond donors (Lipinski definition) is 2. The molecular weight excluding hydrogens is 404 g/mol. The molecule has 0 aromatic heterocycles. The van der Waals surface area contributed by atoms with Crippen molar-refractivity contribution in [2.75, 3.05) is 10.4 Å². The quantitative estimate of drug-likeness (QED) is 0.631. The van der Waals surface area contributed by atoms with Crippen molar-refractivity contribution in [1.82, 2.24) is 0 Å². The highest BCUT2D eigenvalue weighted by molar-refractivity contribution is 6.30. The van der Waals surface area contributed by atoms with Crippen LogP contribution in [0.25, 0.3) is 0 Å². The summed E-state index contributed by atoms with van der Waals surface area (Å²) in [5.74, 6) is -2.64. The average Bonchev–Trinajstić information content (AvgIpc) is 3.18. The van der Waals surface area contributed by atoms with Gasteiger partial charge in [0.15, 0.2) is 6.10 Å². The van der Waals surface area contributed by atoms with Crippen LogP contribution in [0.15, 0.2) is 84.9 Å². The first-order valence-electron chi connectivity index (χ1n) is 9.40. The number of amides is 1. The Morgan fingerprint density at radius 1 is 0.900 bits per heavy atom. The summed E-state index contributed by atoms with van der Waals surface area (Å²) < 4.78 is 0. The van der Waals surface area contributed by atoms with Gasteiger partial charge in [-0.15, -0.1) is 0 Å². The fourth-order valence-corrected chi connectivity index (χ4v) is 3.72. The lowest BCUT2D eigenvalue weighted by molar-refractivity contribution is -0.151. The van der Waals surface area contributed by atoms with E-state index in [-0.39, 0.29) is 0 Å². The number of carboxylic acid groups (broad SMARTS) is 1. The van der Waals surface area contributed by atoms with E-state index in [0.717, 1.165) is 5.56 Å². The first-order chi connectivity index (χ1) is 14.5. The molecule has 1 saturated heterocycles. The van der Waals surface area contributed by atoms with Gasteiger partial charge in [-0.05, 0) is 42.0 Å². The molecule has 1 fully saturated rings. The molecule has 152 valence electrons. The SMILES string of the molecule is O=C(Nc1ccc(Cl)cc1)[C@@H]1[C@@H](c2ccccc2)N(c2ccccc2)O[C@H]1C(=O)O. The van der Waals surface area contributed by atoms with Gasteiger partial charge in [-0.25, -0.2) is 9.86 Å². The van der Waals surface area contributed by atoms with E-state index in [1.54, 1.807) is 24.3 Å². The number of rotatable bonds is 5. The van der Waals surface area contributed by atoms with E-state index in [9.17, 15) is 14.7 Å². The molecule has 30 heavy (non-hydrogen) atoms. The van der Waals surface area contributed by atoms with Crippen molar-refractivity contribution < 1.29 is 19.5 Å². The lowest BCUT2D eigenvalue weighted by Gasteiger charge is -2.27. The molecule has 1 heterocycles. The highest BCUT2D eigenvalue weighted by atomic mass is 35.5. The van der Waals surface area contributed by atoms with Crippen molar-refractivity contribution in [3.63, 3.8) is 0 Å². The number of benzene rings is 3. The lowest BCUT2D eigenvalue weighted by Crippen LogP contribution is -2.37. The molecule has 0 spiro atoms. The summed E-state index contributed by atoms with van der Waals surface area (Å²) >= 11 is 5.91. The minimum Gasteiger partial charge on any atom is -0.479 e. The van der Waals surface area contributed by atoms with Crippen molar-refractivity contribution in [2.24, 2.45) is 5.92 Å². The van der Waals surface area contributed by atoms with E-state index >= 15 is 0 Å². The Labute approximate surface area is 178 Å². The maximum atomic E-state index is 13.3. The summed E-state index contributed by atoms with van der Waals surface area (Å²) in [5.41, 5.74) is 1.97. The second kappa shape index (κ2) is 8.57. The highest BCUT2D eigenvalue weighted by Crippen LogP contribution is 2.43. The smallest absolute Gasteiger partial charge is 0.336 e. The Balaban J connectivity index is 1.74. The monoisotopic (exact) mass is 422 g/mol. The molecule has 4 rings (SSSR count). The number of aliphatic carboxylic acids is 1. The molecule has 0 bridgehead atoms. The van der Waals surface area contributed by atoms with E-state index in [4.69, 9.17) is 16.4 Å². The van der Waals surface area contributed by atoms with E-state index in [1.165, 1.54) is 5.06 Å². The largest absolute Gasteiger partial charge is 0.479 e. The molecule has 0 aliphatic carbocycles. The fourth-order valence-electron chi connectivity index (χ4n) is 3.59. The van der Waals surface area contributed by atoms with Crippen LogP contribution in [0.4, 0.5) is 11.4 Å². The van der Waals surface area contributed by atoms with Crippen LogP contribution in [-0.2, 0) is 14.4 Å². The number of hydrogen-bond acceptors (Lipinski definition) is 4. The van der Waals surface area contributed by atoms with Crippen LogP contribution in [0.2, 0.25) is 5.02 Å². The molecule has 7 heteroatoms. The zero-order chi connectivity index (χ0) is 21.1. The molecule has 0 unspecified atom stereocenters. The summed E-state index contributed by atoms with van der Waals surface area (Å²) in [4.78, 5) is 31.1. The zero-order valence-corrected chi connectivity index (χ0v) is 16.6.